The molecule has 1 N–H and O–H groups in total. The summed E-state index contributed by atoms with van der Waals surface area (Å²) in [5, 5.41) is 7.36. The zero-order chi connectivity index (χ0) is 19.8. The smallest absolute Gasteiger partial charge is 0.257 e. The number of allylic oxidation sites excluding steroid dienone is 1. The predicted molar refractivity (Wildman–Crippen MR) is 107 cm³/mol. The van der Waals surface area contributed by atoms with E-state index in [9.17, 15) is 4.79 Å². The quantitative estimate of drug-likeness (QED) is 0.734. The minimum absolute atomic E-state index is 0.0497. The fourth-order valence-corrected chi connectivity index (χ4v) is 2.80. The van der Waals surface area contributed by atoms with E-state index in [0.717, 1.165) is 23.5 Å². The Balaban J connectivity index is 1.81. The van der Waals surface area contributed by atoms with Crippen LogP contribution in [-0.4, -0.2) is 35.9 Å². The van der Waals surface area contributed by atoms with Gasteiger partial charge < -0.3 is 14.8 Å². The highest BCUT2D eigenvalue weighted by atomic mass is 16.5. The summed E-state index contributed by atoms with van der Waals surface area (Å²) in [6.45, 7) is 9.34. The SMILES string of the molecule is C/C=C/c1ccc(OCC(=O)NC[C@H](C)Cn2nc(C)cc2C)c(OC)c1. The lowest BCUT2D eigenvalue weighted by molar-refractivity contribution is -0.123. The maximum absolute atomic E-state index is 12.1. The van der Waals surface area contributed by atoms with Crippen molar-refractivity contribution in [1.82, 2.24) is 15.1 Å². The lowest BCUT2D eigenvalue weighted by Gasteiger charge is -2.15. The molecule has 27 heavy (non-hydrogen) atoms. The number of aromatic nitrogens is 2. The van der Waals surface area contributed by atoms with Gasteiger partial charge in [-0.1, -0.05) is 25.1 Å². The van der Waals surface area contributed by atoms with E-state index in [2.05, 4.69) is 17.3 Å². The monoisotopic (exact) mass is 371 g/mol. The van der Waals surface area contributed by atoms with E-state index in [1.54, 1.807) is 7.11 Å². The molecule has 1 atom stereocenters. The summed E-state index contributed by atoms with van der Waals surface area (Å²) in [5.74, 6) is 1.27. The molecule has 2 aromatic rings. The molecule has 0 saturated heterocycles. The number of ether oxygens (including phenoxy) is 2. The van der Waals surface area contributed by atoms with Gasteiger partial charge in [0.15, 0.2) is 18.1 Å². The van der Waals surface area contributed by atoms with Crippen molar-refractivity contribution in [3.63, 3.8) is 0 Å². The molecule has 0 spiro atoms. The maximum atomic E-state index is 12.1. The third-order valence-electron chi connectivity index (χ3n) is 4.14. The molecule has 2 rings (SSSR count). The van der Waals surface area contributed by atoms with Crippen LogP contribution < -0.4 is 14.8 Å². The molecule has 6 heteroatoms. The normalized spacial score (nSPS) is 12.2. The van der Waals surface area contributed by atoms with Crippen LogP contribution in [0.2, 0.25) is 0 Å². The number of carbonyl (C=O) groups is 1. The fraction of sp³-hybridized carbons (Fsp3) is 0.429. The number of nitrogens with one attached hydrogen (secondary N) is 1. The molecule has 0 saturated carbocycles. The summed E-state index contributed by atoms with van der Waals surface area (Å²) in [6.07, 6.45) is 3.93. The average molecular weight is 371 g/mol. The van der Waals surface area contributed by atoms with Crippen LogP contribution in [0.1, 0.15) is 30.8 Å². The Kier molecular flexibility index (Phi) is 7.46. The first-order valence-corrected chi connectivity index (χ1v) is 9.14. The first kappa shape index (κ1) is 20.6. The average Bonchev–Trinajstić information content (AvgIpc) is 2.95. The van der Waals surface area contributed by atoms with E-state index in [-0.39, 0.29) is 18.4 Å². The van der Waals surface area contributed by atoms with Gasteiger partial charge in [0.2, 0.25) is 0 Å². The Labute approximate surface area is 161 Å². The summed E-state index contributed by atoms with van der Waals surface area (Å²) < 4.78 is 12.9. The third kappa shape index (κ3) is 6.16. The number of benzene rings is 1. The van der Waals surface area contributed by atoms with Gasteiger partial charge in [-0.2, -0.15) is 5.10 Å². The van der Waals surface area contributed by atoms with Gasteiger partial charge in [0.25, 0.3) is 5.91 Å². The summed E-state index contributed by atoms with van der Waals surface area (Å²) in [6, 6.07) is 7.66. The van der Waals surface area contributed by atoms with E-state index in [0.29, 0.717) is 18.0 Å². The third-order valence-corrected chi connectivity index (χ3v) is 4.14. The van der Waals surface area contributed by atoms with E-state index >= 15 is 0 Å². The minimum atomic E-state index is -0.158. The molecule has 0 aliphatic rings. The second-order valence-corrected chi connectivity index (χ2v) is 6.72. The first-order chi connectivity index (χ1) is 12.9. The number of rotatable bonds is 9. The van der Waals surface area contributed by atoms with Crippen molar-refractivity contribution in [3.05, 3.63) is 47.3 Å². The van der Waals surface area contributed by atoms with Gasteiger partial charge in [-0.15, -0.1) is 0 Å². The van der Waals surface area contributed by atoms with Crippen LogP contribution in [0.3, 0.4) is 0 Å². The van der Waals surface area contributed by atoms with Crippen molar-refractivity contribution in [2.45, 2.75) is 34.2 Å². The van der Waals surface area contributed by atoms with E-state index in [4.69, 9.17) is 9.47 Å². The highest BCUT2D eigenvalue weighted by Gasteiger charge is 2.11. The van der Waals surface area contributed by atoms with Crippen LogP contribution >= 0.6 is 0 Å². The Bertz CT molecular complexity index is 796. The topological polar surface area (TPSA) is 65.4 Å². The zero-order valence-corrected chi connectivity index (χ0v) is 16.8. The van der Waals surface area contributed by atoms with Crippen LogP contribution in [0.15, 0.2) is 30.3 Å². The van der Waals surface area contributed by atoms with Gasteiger partial charge in [0.05, 0.1) is 12.8 Å². The number of nitrogens with zero attached hydrogens (tertiary/aromatic N) is 2. The van der Waals surface area contributed by atoms with Gasteiger partial charge in [-0.05, 0) is 50.5 Å². The van der Waals surface area contributed by atoms with Crippen molar-refractivity contribution in [2.75, 3.05) is 20.3 Å². The molecular weight excluding hydrogens is 342 g/mol. The summed E-state index contributed by atoms with van der Waals surface area (Å²) in [4.78, 5) is 12.1. The maximum Gasteiger partial charge on any atom is 0.257 e. The molecular formula is C21H29N3O3. The second kappa shape index (κ2) is 9.80. The molecule has 0 bridgehead atoms. The molecule has 1 aromatic carbocycles. The van der Waals surface area contributed by atoms with Crippen molar-refractivity contribution in [2.24, 2.45) is 5.92 Å². The lowest BCUT2D eigenvalue weighted by atomic mass is 10.2. The molecule has 1 heterocycles. The Hall–Kier alpha value is -2.76. The molecule has 146 valence electrons. The van der Waals surface area contributed by atoms with E-state index < -0.39 is 0 Å². The number of amides is 1. The highest BCUT2D eigenvalue weighted by Crippen LogP contribution is 2.28. The Morgan fingerprint density at radius 1 is 1.30 bits per heavy atom. The fourth-order valence-electron chi connectivity index (χ4n) is 2.80. The van der Waals surface area contributed by atoms with Gasteiger partial charge in [-0.3, -0.25) is 9.48 Å². The molecule has 0 aliphatic carbocycles. The van der Waals surface area contributed by atoms with Crippen LogP contribution in [0.5, 0.6) is 11.5 Å². The molecule has 1 amide bonds. The zero-order valence-electron chi connectivity index (χ0n) is 16.8. The van der Waals surface area contributed by atoms with Crippen molar-refractivity contribution in [1.29, 1.82) is 0 Å². The molecule has 0 unspecified atom stereocenters. The summed E-state index contributed by atoms with van der Waals surface area (Å²) in [5.41, 5.74) is 3.15. The van der Waals surface area contributed by atoms with Crippen LogP contribution in [0, 0.1) is 19.8 Å². The number of carbonyl (C=O) groups excluding carboxylic acids is 1. The van der Waals surface area contributed by atoms with Gasteiger partial charge in [0, 0.05) is 18.8 Å². The van der Waals surface area contributed by atoms with Gasteiger partial charge in [0.1, 0.15) is 0 Å². The van der Waals surface area contributed by atoms with E-state index in [1.807, 2.05) is 61.9 Å². The predicted octanol–water partition coefficient (Wildman–Crippen LogP) is 3.37. The van der Waals surface area contributed by atoms with Gasteiger partial charge >= 0.3 is 0 Å². The molecule has 1 aromatic heterocycles. The Morgan fingerprint density at radius 2 is 2.07 bits per heavy atom. The molecule has 0 aliphatic heterocycles. The number of hydrogen-bond acceptors (Lipinski definition) is 4. The van der Waals surface area contributed by atoms with Crippen molar-refractivity contribution in [3.8, 4) is 11.5 Å². The molecule has 6 nitrogen and oxygen atoms in total. The van der Waals surface area contributed by atoms with Crippen LogP contribution in [0.4, 0.5) is 0 Å². The van der Waals surface area contributed by atoms with Gasteiger partial charge in [-0.25, -0.2) is 0 Å². The summed E-state index contributed by atoms with van der Waals surface area (Å²) >= 11 is 0. The molecule has 0 fully saturated rings. The Morgan fingerprint density at radius 3 is 2.70 bits per heavy atom. The standard InChI is InChI=1S/C21H29N3O3/c1-6-7-18-8-9-19(20(11-18)26-5)27-14-21(25)22-12-15(2)13-24-17(4)10-16(3)23-24/h6-11,15H,12-14H2,1-5H3,(H,22,25)/b7-6+/t15-/m0/s1. The lowest BCUT2D eigenvalue weighted by Crippen LogP contribution is -2.33. The first-order valence-electron chi connectivity index (χ1n) is 9.14. The van der Waals surface area contributed by atoms with Crippen molar-refractivity contribution >= 4 is 12.0 Å². The number of methoxy groups -OCH3 is 1. The highest BCUT2D eigenvalue weighted by molar-refractivity contribution is 5.77. The minimum Gasteiger partial charge on any atom is -0.493 e. The van der Waals surface area contributed by atoms with E-state index in [1.165, 1.54) is 0 Å². The van der Waals surface area contributed by atoms with Crippen LogP contribution in [0.25, 0.3) is 6.08 Å². The number of hydrogen-bond donors (Lipinski definition) is 1. The molecule has 0 radical (unpaired) electrons. The van der Waals surface area contributed by atoms with Crippen LogP contribution in [-0.2, 0) is 11.3 Å². The number of aryl methyl sites for hydroxylation is 2. The largest absolute Gasteiger partial charge is 0.493 e. The summed E-state index contributed by atoms with van der Waals surface area (Å²) in [7, 11) is 1.59. The van der Waals surface area contributed by atoms with Crippen molar-refractivity contribution < 1.29 is 14.3 Å². The second-order valence-electron chi connectivity index (χ2n) is 6.72.